The lowest BCUT2D eigenvalue weighted by Gasteiger charge is -2.31. The highest BCUT2D eigenvalue weighted by Gasteiger charge is 2.31. The molecule has 0 saturated heterocycles. The first kappa shape index (κ1) is 14.2. The van der Waals surface area contributed by atoms with Gasteiger partial charge in [0.2, 0.25) is 5.95 Å². The molecular formula is C17H16ClN5. The number of hydrogen-bond acceptors (Lipinski definition) is 4. The maximum Gasteiger partial charge on any atom is 0.243 e. The summed E-state index contributed by atoms with van der Waals surface area (Å²) >= 11 is 6.00. The molecule has 0 spiro atoms. The van der Waals surface area contributed by atoms with E-state index in [1.54, 1.807) is 0 Å². The summed E-state index contributed by atoms with van der Waals surface area (Å²) < 4.78 is 1.87. The number of tetrazole rings is 1. The fourth-order valence-electron chi connectivity index (χ4n) is 3.17. The van der Waals surface area contributed by atoms with Gasteiger partial charge in [0.05, 0.1) is 12.1 Å². The molecule has 4 rings (SSSR count). The van der Waals surface area contributed by atoms with E-state index in [9.17, 15) is 0 Å². The van der Waals surface area contributed by atoms with Gasteiger partial charge < -0.3 is 5.32 Å². The number of anilines is 1. The molecule has 2 atom stereocenters. The van der Waals surface area contributed by atoms with Gasteiger partial charge in [-0.05, 0) is 52.6 Å². The molecule has 2 aromatic carbocycles. The Labute approximate surface area is 139 Å². The first-order valence-corrected chi connectivity index (χ1v) is 7.95. The second-order valence-corrected chi connectivity index (χ2v) is 6.24. The molecule has 0 unspecified atom stereocenters. The molecule has 1 aromatic heterocycles. The van der Waals surface area contributed by atoms with Crippen LogP contribution < -0.4 is 5.32 Å². The summed E-state index contributed by atoms with van der Waals surface area (Å²) in [5.74, 6) is 0.699. The molecule has 1 N–H and O–H groups in total. The van der Waals surface area contributed by atoms with E-state index < -0.39 is 0 Å². The number of nitrogens with zero attached hydrogens (tertiary/aromatic N) is 4. The molecule has 0 radical (unpaired) electrons. The molecule has 0 amide bonds. The number of fused-ring (bicyclic) bond motifs is 1. The van der Waals surface area contributed by atoms with Gasteiger partial charge in [0.1, 0.15) is 0 Å². The van der Waals surface area contributed by atoms with Gasteiger partial charge >= 0.3 is 0 Å². The Morgan fingerprint density at radius 1 is 1.13 bits per heavy atom. The minimum Gasteiger partial charge on any atom is -0.346 e. The van der Waals surface area contributed by atoms with Crippen LogP contribution in [0.5, 0.6) is 0 Å². The van der Waals surface area contributed by atoms with Crippen molar-refractivity contribution in [2.75, 3.05) is 5.32 Å². The molecule has 1 aliphatic heterocycles. The zero-order valence-electron chi connectivity index (χ0n) is 12.6. The van der Waals surface area contributed by atoms with Crippen molar-refractivity contribution in [3.8, 4) is 0 Å². The van der Waals surface area contributed by atoms with E-state index in [2.05, 4.69) is 52.0 Å². The van der Waals surface area contributed by atoms with Crippen LogP contribution in [0.3, 0.4) is 0 Å². The van der Waals surface area contributed by atoms with E-state index >= 15 is 0 Å². The lowest BCUT2D eigenvalue weighted by Crippen LogP contribution is -2.28. The standard InChI is InChI=1S/C17H16ClN5/c1-11-4-2-3-5-14(11)16-10-15(12-6-8-13(18)9-7-12)19-17-20-21-22-23(16)17/h2-9,15-16H,10H2,1H3,(H,19,20,22)/t15-,16-/m1/s1. The molecule has 0 aliphatic carbocycles. The van der Waals surface area contributed by atoms with E-state index in [1.807, 2.05) is 28.9 Å². The third-order valence-electron chi connectivity index (χ3n) is 4.37. The predicted octanol–water partition coefficient (Wildman–Crippen LogP) is 3.78. The van der Waals surface area contributed by atoms with Crippen LogP contribution in [0.25, 0.3) is 0 Å². The molecule has 1 aliphatic rings. The van der Waals surface area contributed by atoms with Gasteiger partial charge in [-0.25, -0.2) is 4.68 Å². The van der Waals surface area contributed by atoms with Crippen LogP contribution in [0.4, 0.5) is 5.95 Å². The number of rotatable bonds is 2. The Kier molecular flexibility index (Phi) is 3.50. The number of hydrogen-bond donors (Lipinski definition) is 1. The molecule has 2 heterocycles. The number of halogens is 1. The quantitative estimate of drug-likeness (QED) is 0.779. The van der Waals surface area contributed by atoms with Gasteiger partial charge in [-0.2, -0.15) is 0 Å². The van der Waals surface area contributed by atoms with Crippen molar-refractivity contribution in [3.63, 3.8) is 0 Å². The Balaban J connectivity index is 1.75. The number of benzene rings is 2. The second kappa shape index (κ2) is 5.66. The fourth-order valence-corrected chi connectivity index (χ4v) is 3.30. The summed E-state index contributed by atoms with van der Waals surface area (Å²) in [5.41, 5.74) is 3.68. The van der Waals surface area contributed by atoms with E-state index in [4.69, 9.17) is 11.6 Å². The van der Waals surface area contributed by atoms with Crippen LogP contribution in [0.2, 0.25) is 5.02 Å². The zero-order valence-corrected chi connectivity index (χ0v) is 13.4. The highest BCUT2D eigenvalue weighted by molar-refractivity contribution is 6.30. The highest BCUT2D eigenvalue weighted by Crippen LogP contribution is 2.38. The van der Waals surface area contributed by atoms with Gasteiger partial charge in [0.15, 0.2) is 0 Å². The number of nitrogens with one attached hydrogen (secondary N) is 1. The molecule has 0 saturated carbocycles. The molecule has 116 valence electrons. The Bertz CT molecular complexity index is 827. The lowest BCUT2D eigenvalue weighted by molar-refractivity contribution is 0.422. The number of aromatic nitrogens is 4. The summed E-state index contributed by atoms with van der Waals surface area (Å²) in [5, 5.41) is 16.3. The summed E-state index contributed by atoms with van der Waals surface area (Å²) in [6.45, 7) is 2.12. The molecule has 3 aromatic rings. The van der Waals surface area contributed by atoms with Gasteiger partial charge in [-0.3, -0.25) is 0 Å². The van der Waals surface area contributed by atoms with Crippen molar-refractivity contribution in [1.82, 2.24) is 20.2 Å². The van der Waals surface area contributed by atoms with Crippen LogP contribution in [0.1, 0.15) is 35.2 Å². The summed E-state index contributed by atoms with van der Waals surface area (Å²) in [6.07, 6.45) is 0.879. The molecule has 0 bridgehead atoms. The van der Waals surface area contributed by atoms with E-state index in [-0.39, 0.29) is 12.1 Å². The first-order chi connectivity index (χ1) is 11.2. The zero-order chi connectivity index (χ0) is 15.8. The van der Waals surface area contributed by atoms with E-state index in [1.165, 1.54) is 16.7 Å². The topological polar surface area (TPSA) is 55.6 Å². The molecule has 0 fully saturated rings. The summed E-state index contributed by atoms with van der Waals surface area (Å²) in [4.78, 5) is 0. The number of aryl methyl sites for hydroxylation is 1. The first-order valence-electron chi connectivity index (χ1n) is 7.58. The normalized spacial score (nSPS) is 19.9. The van der Waals surface area contributed by atoms with Crippen LogP contribution in [0.15, 0.2) is 48.5 Å². The highest BCUT2D eigenvalue weighted by atomic mass is 35.5. The average molecular weight is 326 g/mol. The maximum atomic E-state index is 6.00. The van der Waals surface area contributed by atoms with Gasteiger partial charge in [-0.15, -0.1) is 0 Å². The molecule has 6 heteroatoms. The van der Waals surface area contributed by atoms with E-state index in [0.717, 1.165) is 11.4 Å². The predicted molar refractivity (Wildman–Crippen MR) is 89.6 cm³/mol. The third-order valence-corrected chi connectivity index (χ3v) is 4.62. The smallest absolute Gasteiger partial charge is 0.243 e. The van der Waals surface area contributed by atoms with Gasteiger partial charge in [0.25, 0.3) is 0 Å². The van der Waals surface area contributed by atoms with Crippen molar-refractivity contribution in [2.45, 2.75) is 25.4 Å². The average Bonchev–Trinajstić information content (AvgIpc) is 3.04. The van der Waals surface area contributed by atoms with Crippen molar-refractivity contribution in [2.24, 2.45) is 0 Å². The summed E-state index contributed by atoms with van der Waals surface area (Å²) in [6, 6.07) is 16.6. The molecule has 5 nitrogen and oxygen atoms in total. The molecular weight excluding hydrogens is 310 g/mol. The van der Waals surface area contributed by atoms with Crippen molar-refractivity contribution in [3.05, 3.63) is 70.2 Å². The SMILES string of the molecule is Cc1ccccc1[C@H]1C[C@H](c2ccc(Cl)cc2)Nc2nnnn21. The van der Waals surface area contributed by atoms with Crippen molar-refractivity contribution >= 4 is 17.5 Å². The fraction of sp³-hybridized carbons (Fsp3) is 0.235. The van der Waals surface area contributed by atoms with Crippen molar-refractivity contribution in [1.29, 1.82) is 0 Å². The van der Waals surface area contributed by atoms with Crippen LogP contribution in [-0.2, 0) is 0 Å². The monoisotopic (exact) mass is 325 g/mol. The Hall–Kier alpha value is -2.40. The Morgan fingerprint density at radius 2 is 1.91 bits per heavy atom. The minimum absolute atomic E-state index is 0.114. The lowest BCUT2D eigenvalue weighted by atomic mass is 9.91. The van der Waals surface area contributed by atoms with Crippen LogP contribution in [0, 0.1) is 6.92 Å². The minimum atomic E-state index is 0.114. The van der Waals surface area contributed by atoms with Gasteiger partial charge in [-0.1, -0.05) is 53.1 Å². The van der Waals surface area contributed by atoms with Crippen LogP contribution in [-0.4, -0.2) is 20.2 Å². The second-order valence-electron chi connectivity index (χ2n) is 5.80. The van der Waals surface area contributed by atoms with E-state index in [0.29, 0.717) is 5.95 Å². The Morgan fingerprint density at radius 3 is 2.70 bits per heavy atom. The molecule has 23 heavy (non-hydrogen) atoms. The maximum absolute atomic E-state index is 6.00. The third kappa shape index (κ3) is 2.57. The summed E-state index contributed by atoms with van der Waals surface area (Å²) in [7, 11) is 0. The van der Waals surface area contributed by atoms with Crippen molar-refractivity contribution < 1.29 is 0 Å². The van der Waals surface area contributed by atoms with Gasteiger partial charge in [0, 0.05) is 5.02 Å². The largest absolute Gasteiger partial charge is 0.346 e. The van der Waals surface area contributed by atoms with Crippen LogP contribution >= 0.6 is 11.6 Å².